The van der Waals surface area contributed by atoms with Gasteiger partial charge in [0.2, 0.25) is 0 Å². The lowest BCUT2D eigenvalue weighted by Gasteiger charge is -2.08. The van der Waals surface area contributed by atoms with Gasteiger partial charge in [0.25, 0.3) is 0 Å². The summed E-state index contributed by atoms with van der Waals surface area (Å²) in [4.78, 5) is 11.7. The molecule has 3 aromatic rings. The van der Waals surface area contributed by atoms with E-state index in [1.165, 1.54) is 12.1 Å². The minimum Gasteiger partial charge on any atom is -0.340 e. The summed E-state index contributed by atoms with van der Waals surface area (Å²) in [6.07, 6.45) is 3.47. The number of H-pyrrole nitrogens is 1. The smallest absolute Gasteiger partial charge is 0.181 e. The van der Waals surface area contributed by atoms with E-state index in [-0.39, 0.29) is 5.82 Å². The quantitative estimate of drug-likeness (QED) is 0.730. The number of imidazole rings is 1. The molecule has 0 aliphatic heterocycles. The maximum Gasteiger partial charge on any atom is 0.181 e. The second-order valence-corrected chi connectivity index (χ2v) is 5.12. The number of benzene rings is 1. The van der Waals surface area contributed by atoms with Gasteiger partial charge in [-0.1, -0.05) is 6.08 Å². The minimum atomic E-state index is -0.262. The molecule has 0 amide bonds. The van der Waals surface area contributed by atoms with E-state index in [2.05, 4.69) is 26.6 Å². The number of halogens is 1. The molecular weight excluding hydrogens is 293 g/mol. The van der Waals surface area contributed by atoms with Crippen LogP contribution in [0.15, 0.2) is 37.1 Å². The molecule has 0 saturated carbocycles. The zero-order valence-electron chi connectivity index (χ0n) is 13.8. The lowest BCUT2D eigenvalue weighted by molar-refractivity contribution is 0.625. The lowest BCUT2D eigenvalue weighted by Crippen LogP contribution is -2.02. The van der Waals surface area contributed by atoms with E-state index in [0.717, 1.165) is 22.8 Å². The Hall–Kier alpha value is -2.76. The Kier molecular flexibility index (Phi) is 5.05. The van der Waals surface area contributed by atoms with Gasteiger partial charge in [-0.3, -0.25) is 0 Å². The molecule has 2 heterocycles. The van der Waals surface area contributed by atoms with Gasteiger partial charge < -0.3 is 4.98 Å². The molecule has 23 heavy (non-hydrogen) atoms. The molecule has 0 atom stereocenters. The standard InChI is InChI=1S/C14H14FN5.C3H6/c1-8-6-11(15)4-5-13(8)20-14(18-10(3)19-20)12-7-16-9(2)17-12;1-3-2/h4-7H,1-3H3,(H,16,17);3H,1H2,2H3. The molecule has 2 aromatic heterocycles. The highest BCUT2D eigenvalue weighted by Crippen LogP contribution is 2.22. The molecule has 5 nitrogen and oxygen atoms in total. The molecule has 6 heteroatoms. The minimum absolute atomic E-state index is 0.262. The third-order valence-corrected chi connectivity index (χ3v) is 3.04. The summed E-state index contributed by atoms with van der Waals surface area (Å²) < 4.78 is 14.9. The van der Waals surface area contributed by atoms with Gasteiger partial charge in [-0.2, -0.15) is 5.10 Å². The summed E-state index contributed by atoms with van der Waals surface area (Å²) in [5.41, 5.74) is 2.38. The third-order valence-electron chi connectivity index (χ3n) is 3.04. The molecule has 0 aliphatic rings. The van der Waals surface area contributed by atoms with E-state index in [1.807, 2.05) is 27.7 Å². The van der Waals surface area contributed by atoms with Crippen LogP contribution >= 0.6 is 0 Å². The zero-order valence-corrected chi connectivity index (χ0v) is 13.8. The second-order valence-electron chi connectivity index (χ2n) is 5.12. The highest BCUT2D eigenvalue weighted by Gasteiger charge is 2.15. The number of rotatable bonds is 2. The average molecular weight is 313 g/mol. The van der Waals surface area contributed by atoms with E-state index in [1.54, 1.807) is 23.0 Å². The molecule has 0 fully saturated rings. The molecule has 0 aliphatic carbocycles. The number of hydrogen-bond donors (Lipinski definition) is 1. The van der Waals surface area contributed by atoms with Gasteiger partial charge in [-0.05, 0) is 51.5 Å². The van der Waals surface area contributed by atoms with Crippen LogP contribution in [0.2, 0.25) is 0 Å². The number of allylic oxidation sites excluding steroid dienone is 1. The van der Waals surface area contributed by atoms with Crippen LogP contribution in [0.3, 0.4) is 0 Å². The van der Waals surface area contributed by atoms with Gasteiger partial charge in [0.15, 0.2) is 5.82 Å². The molecule has 0 bridgehead atoms. The maximum absolute atomic E-state index is 13.2. The van der Waals surface area contributed by atoms with Crippen molar-refractivity contribution in [3.05, 3.63) is 60.1 Å². The van der Waals surface area contributed by atoms with Crippen LogP contribution in [0.5, 0.6) is 0 Å². The molecule has 0 saturated heterocycles. The predicted molar refractivity (Wildman–Crippen MR) is 89.0 cm³/mol. The molecule has 0 spiro atoms. The first-order valence-corrected chi connectivity index (χ1v) is 7.25. The van der Waals surface area contributed by atoms with Crippen LogP contribution < -0.4 is 0 Å². The largest absolute Gasteiger partial charge is 0.340 e. The molecule has 3 rings (SSSR count). The van der Waals surface area contributed by atoms with Crippen LogP contribution in [-0.2, 0) is 0 Å². The molecular formula is C17H20FN5. The van der Waals surface area contributed by atoms with E-state index >= 15 is 0 Å². The third kappa shape index (κ3) is 3.71. The van der Waals surface area contributed by atoms with E-state index in [9.17, 15) is 4.39 Å². The Morgan fingerprint density at radius 1 is 1.26 bits per heavy atom. The molecule has 0 unspecified atom stereocenters. The summed E-state index contributed by atoms with van der Waals surface area (Å²) in [6, 6.07) is 4.60. The fourth-order valence-corrected chi connectivity index (χ4v) is 2.15. The van der Waals surface area contributed by atoms with Gasteiger partial charge in [0, 0.05) is 0 Å². The number of nitrogens with one attached hydrogen (secondary N) is 1. The number of hydrogen-bond acceptors (Lipinski definition) is 3. The van der Waals surface area contributed by atoms with Crippen molar-refractivity contribution < 1.29 is 4.39 Å². The van der Waals surface area contributed by atoms with Gasteiger partial charge in [-0.15, -0.1) is 6.58 Å². The normalized spacial score (nSPS) is 10.1. The van der Waals surface area contributed by atoms with Gasteiger partial charge in [-0.25, -0.2) is 19.0 Å². The first kappa shape index (κ1) is 16.6. The second kappa shape index (κ2) is 7.00. The van der Waals surface area contributed by atoms with Crippen molar-refractivity contribution in [2.24, 2.45) is 0 Å². The molecule has 1 aromatic carbocycles. The number of aromatic nitrogens is 5. The Bertz CT molecular complexity index is 816. The van der Waals surface area contributed by atoms with Gasteiger partial charge in [0.05, 0.1) is 11.9 Å². The summed E-state index contributed by atoms with van der Waals surface area (Å²) in [7, 11) is 0. The first-order chi connectivity index (χ1) is 11.0. The average Bonchev–Trinajstić information content (AvgIpc) is 3.06. The predicted octanol–water partition coefficient (Wildman–Crippen LogP) is 3.91. The van der Waals surface area contributed by atoms with Crippen LogP contribution in [0.1, 0.15) is 24.1 Å². The highest BCUT2D eigenvalue weighted by molar-refractivity contribution is 5.54. The highest BCUT2D eigenvalue weighted by atomic mass is 19.1. The van der Waals surface area contributed by atoms with Crippen molar-refractivity contribution in [1.29, 1.82) is 0 Å². The summed E-state index contributed by atoms with van der Waals surface area (Å²) in [5.74, 6) is 1.86. The van der Waals surface area contributed by atoms with Gasteiger partial charge >= 0.3 is 0 Å². The fourth-order valence-electron chi connectivity index (χ4n) is 2.15. The monoisotopic (exact) mass is 313 g/mol. The Morgan fingerprint density at radius 3 is 2.52 bits per heavy atom. The van der Waals surface area contributed by atoms with Crippen LogP contribution in [0.4, 0.5) is 4.39 Å². The lowest BCUT2D eigenvalue weighted by atomic mass is 10.2. The maximum atomic E-state index is 13.2. The first-order valence-electron chi connectivity index (χ1n) is 7.25. The summed E-state index contributed by atoms with van der Waals surface area (Å²) in [6.45, 7) is 10.8. The van der Waals surface area contributed by atoms with Gasteiger partial charge in [0.1, 0.15) is 23.2 Å². The van der Waals surface area contributed by atoms with Crippen molar-refractivity contribution in [3.63, 3.8) is 0 Å². The zero-order chi connectivity index (χ0) is 17.0. The van der Waals surface area contributed by atoms with Crippen molar-refractivity contribution in [3.8, 4) is 17.2 Å². The Balaban J connectivity index is 0.000000595. The van der Waals surface area contributed by atoms with E-state index < -0.39 is 0 Å². The number of aromatic amines is 1. The van der Waals surface area contributed by atoms with Crippen LogP contribution in [0.25, 0.3) is 17.2 Å². The van der Waals surface area contributed by atoms with Crippen molar-refractivity contribution in [2.45, 2.75) is 27.7 Å². The molecule has 120 valence electrons. The van der Waals surface area contributed by atoms with Crippen molar-refractivity contribution in [2.75, 3.05) is 0 Å². The van der Waals surface area contributed by atoms with Crippen LogP contribution in [0, 0.1) is 26.6 Å². The molecule has 1 N–H and O–H groups in total. The van der Waals surface area contributed by atoms with Crippen LogP contribution in [-0.4, -0.2) is 24.7 Å². The number of nitrogens with zero attached hydrogens (tertiary/aromatic N) is 4. The SMILES string of the molecule is C=CC.Cc1nc(-c2cnc(C)[nH]2)n(-c2ccc(F)cc2C)n1. The summed E-state index contributed by atoms with van der Waals surface area (Å²) in [5, 5.41) is 4.39. The Morgan fingerprint density at radius 2 is 1.96 bits per heavy atom. The van der Waals surface area contributed by atoms with Crippen molar-refractivity contribution >= 4 is 0 Å². The van der Waals surface area contributed by atoms with E-state index in [0.29, 0.717) is 11.6 Å². The fraction of sp³-hybridized carbons (Fsp3) is 0.235. The van der Waals surface area contributed by atoms with Crippen molar-refractivity contribution in [1.82, 2.24) is 24.7 Å². The molecule has 0 radical (unpaired) electrons. The summed E-state index contributed by atoms with van der Waals surface area (Å²) >= 11 is 0. The van der Waals surface area contributed by atoms with E-state index in [4.69, 9.17) is 0 Å². The Labute approximate surface area is 134 Å². The topological polar surface area (TPSA) is 59.4 Å². The number of aryl methyl sites for hydroxylation is 3.